The lowest BCUT2D eigenvalue weighted by Gasteiger charge is -2.44. The number of piperidine rings is 3. The standard InChI is InChI=1S/C36H35Cl2FN4O7/c1-48-31-6-4-23(14-32(31)49-2)26(16-28-29(37)18-42(47)19-30(28)38)27-13-21(3-5-25(27)35(44)45)17-43(34-15-24(39)7-10-40-34)36(46)50-33-20-41-11-8-22(33)9-12-41/h3-7,10,13-15,18-19,22,26,33H,8-9,11-12,16-17,20H2,1-2H3,(H-,44,45,47)/p+1/t26-,33-/m0/s1. The Morgan fingerprint density at radius 3 is 2.38 bits per heavy atom. The third-order valence-electron chi connectivity index (χ3n) is 9.40. The smallest absolute Gasteiger partial charge is 0.416 e. The number of carboxylic acids is 1. The Bertz CT molecular complexity index is 1880. The molecule has 0 aliphatic carbocycles. The Kier molecular flexibility index (Phi) is 10.6. The summed E-state index contributed by atoms with van der Waals surface area (Å²) < 4.78 is 32.3. The highest BCUT2D eigenvalue weighted by atomic mass is 35.5. The Morgan fingerprint density at radius 2 is 1.76 bits per heavy atom. The van der Waals surface area contributed by atoms with E-state index >= 15 is 0 Å². The Balaban J connectivity index is 1.43. The van der Waals surface area contributed by atoms with Crippen LogP contribution >= 0.6 is 23.2 Å². The fourth-order valence-corrected chi connectivity index (χ4v) is 7.42. The molecule has 0 saturated carbocycles. The number of fused-ring (bicyclic) bond motifs is 3. The molecule has 3 aliphatic rings. The lowest BCUT2D eigenvalue weighted by atomic mass is 9.82. The van der Waals surface area contributed by atoms with Gasteiger partial charge < -0.3 is 19.3 Å². The van der Waals surface area contributed by atoms with E-state index < -0.39 is 23.8 Å². The number of halogens is 3. The summed E-state index contributed by atoms with van der Waals surface area (Å²) in [5, 5.41) is 20.7. The average molecular weight is 727 g/mol. The maximum absolute atomic E-state index is 14.5. The van der Waals surface area contributed by atoms with Gasteiger partial charge in [-0.25, -0.2) is 19.0 Å². The highest BCUT2D eigenvalue weighted by Gasteiger charge is 2.38. The van der Waals surface area contributed by atoms with Gasteiger partial charge >= 0.3 is 12.1 Å². The first-order valence-corrected chi connectivity index (χ1v) is 16.8. The molecule has 7 rings (SSSR count). The van der Waals surface area contributed by atoms with Gasteiger partial charge in [-0.2, -0.15) is 0 Å². The van der Waals surface area contributed by atoms with E-state index in [1.165, 1.54) is 49.8 Å². The molecule has 1 amide bonds. The van der Waals surface area contributed by atoms with Gasteiger partial charge in [0.1, 0.15) is 27.8 Å². The second-order valence-corrected chi connectivity index (χ2v) is 13.2. The largest absolute Gasteiger partial charge is 0.493 e. The molecular formula is C36H36Cl2FN4O7+. The van der Waals surface area contributed by atoms with E-state index in [4.69, 9.17) is 37.4 Å². The molecular weight excluding hydrogens is 690 g/mol. The van der Waals surface area contributed by atoms with Crippen LogP contribution in [0.2, 0.25) is 10.0 Å². The van der Waals surface area contributed by atoms with Crippen LogP contribution in [0.15, 0.2) is 67.1 Å². The molecule has 4 aromatic rings. The second kappa shape index (κ2) is 15.1. The van der Waals surface area contributed by atoms with Gasteiger partial charge in [0.05, 0.1) is 26.3 Å². The van der Waals surface area contributed by atoms with Crippen molar-refractivity contribution in [1.82, 2.24) is 9.88 Å². The van der Waals surface area contributed by atoms with E-state index in [1.54, 1.807) is 30.3 Å². The quantitative estimate of drug-likeness (QED) is 0.134. The summed E-state index contributed by atoms with van der Waals surface area (Å²) >= 11 is 13.1. The molecule has 262 valence electrons. The van der Waals surface area contributed by atoms with Crippen LogP contribution in [-0.2, 0) is 17.7 Å². The van der Waals surface area contributed by atoms with E-state index in [0.717, 1.165) is 36.7 Å². The fraction of sp³-hybridized carbons (Fsp3) is 0.333. The number of carbonyl (C=O) groups is 2. The number of hydrogen-bond acceptors (Lipinski definition) is 8. The van der Waals surface area contributed by atoms with Crippen molar-refractivity contribution < 1.29 is 43.2 Å². The Morgan fingerprint density at radius 1 is 1.04 bits per heavy atom. The van der Waals surface area contributed by atoms with Crippen molar-refractivity contribution in [2.45, 2.75) is 37.8 Å². The number of ether oxygens (including phenoxy) is 3. The van der Waals surface area contributed by atoms with Gasteiger partial charge in [-0.05, 0) is 79.2 Å². The Hall–Kier alpha value is -4.65. The van der Waals surface area contributed by atoms with E-state index in [2.05, 4.69) is 9.88 Å². The van der Waals surface area contributed by atoms with Crippen LogP contribution in [0.5, 0.6) is 11.5 Å². The highest BCUT2D eigenvalue weighted by molar-refractivity contribution is 6.35. The van der Waals surface area contributed by atoms with Crippen LogP contribution in [-0.4, -0.2) is 72.2 Å². The topological polar surface area (TPSA) is 126 Å². The number of carbonyl (C=O) groups excluding carboxylic acids is 1. The Labute approximate surface area is 298 Å². The second-order valence-electron chi connectivity index (χ2n) is 12.4. The molecule has 0 spiro atoms. The van der Waals surface area contributed by atoms with Gasteiger partial charge in [-0.15, -0.1) is 0 Å². The monoisotopic (exact) mass is 725 g/mol. The summed E-state index contributed by atoms with van der Waals surface area (Å²) in [5.41, 5.74) is 2.03. The van der Waals surface area contributed by atoms with Gasteiger partial charge in [0.15, 0.2) is 11.5 Å². The van der Waals surface area contributed by atoms with Crippen molar-refractivity contribution in [1.29, 1.82) is 0 Å². The summed E-state index contributed by atoms with van der Waals surface area (Å²) in [5.74, 6) is -1.25. The predicted molar refractivity (Wildman–Crippen MR) is 182 cm³/mol. The van der Waals surface area contributed by atoms with E-state index in [9.17, 15) is 24.3 Å². The number of anilines is 1. The van der Waals surface area contributed by atoms with Gasteiger partial charge in [0.2, 0.25) is 12.4 Å². The molecule has 5 heterocycles. The maximum atomic E-state index is 14.5. The fourth-order valence-electron chi connectivity index (χ4n) is 6.81. The molecule has 2 aromatic heterocycles. The number of aromatic carboxylic acids is 1. The first-order valence-electron chi connectivity index (χ1n) is 16.0. The number of benzene rings is 2. The van der Waals surface area contributed by atoms with Crippen LogP contribution in [0.25, 0.3) is 0 Å². The summed E-state index contributed by atoms with van der Waals surface area (Å²) in [4.78, 5) is 34.4. The van der Waals surface area contributed by atoms with Crippen molar-refractivity contribution >= 4 is 41.1 Å². The van der Waals surface area contributed by atoms with Crippen molar-refractivity contribution in [3.8, 4) is 11.5 Å². The molecule has 2 atom stereocenters. The normalized spacial score (nSPS) is 18.7. The number of amides is 1. The minimum Gasteiger partial charge on any atom is -0.493 e. The average Bonchev–Trinajstić information content (AvgIpc) is 3.10. The van der Waals surface area contributed by atoms with E-state index in [-0.39, 0.29) is 46.4 Å². The molecule has 14 heteroatoms. The van der Waals surface area contributed by atoms with Crippen LogP contribution in [0.1, 0.15) is 51.4 Å². The molecule has 0 unspecified atom stereocenters. The van der Waals surface area contributed by atoms with Gasteiger partial charge in [-0.3, -0.25) is 15.0 Å². The molecule has 2 bridgehead atoms. The SMILES string of the molecule is COc1ccc([C@H](Cc2c(Cl)c[n+](O)cc2Cl)c2cc(CN(C(=O)O[C@H]3CN4CCC3CC4)c3cc(F)ccn3)ccc2C(=O)O)cc1OC. The van der Waals surface area contributed by atoms with Crippen molar-refractivity contribution in [2.24, 2.45) is 5.92 Å². The molecule has 3 aliphatic heterocycles. The minimum atomic E-state index is -1.18. The van der Waals surface area contributed by atoms with Gasteiger partial charge in [0.25, 0.3) is 0 Å². The summed E-state index contributed by atoms with van der Waals surface area (Å²) in [6.45, 7) is 2.46. The summed E-state index contributed by atoms with van der Waals surface area (Å²) in [7, 11) is 3.00. The van der Waals surface area contributed by atoms with Crippen LogP contribution < -0.4 is 19.1 Å². The highest BCUT2D eigenvalue weighted by Crippen LogP contribution is 2.39. The molecule has 2 aromatic carbocycles. The van der Waals surface area contributed by atoms with Crippen molar-refractivity contribution in [3.05, 3.63) is 111 Å². The van der Waals surface area contributed by atoms with Gasteiger partial charge in [-0.1, -0.05) is 41.4 Å². The lowest BCUT2D eigenvalue weighted by molar-refractivity contribution is -0.904. The minimum absolute atomic E-state index is 0.000722. The maximum Gasteiger partial charge on any atom is 0.416 e. The van der Waals surface area contributed by atoms with E-state index in [1.807, 2.05) is 0 Å². The molecule has 2 N–H and O–H groups in total. The number of aromatic nitrogens is 2. The first kappa shape index (κ1) is 35.2. The van der Waals surface area contributed by atoms with Crippen LogP contribution in [0.3, 0.4) is 0 Å². The zero-order chi connectivity index (χ0) is 35.5. The lowest BCUT2D eigenvalue weighted by Crippen LogP contribution is -2.53. The molecule has 3 saturated heterocycles. The zero-order valence-electron chi connectivity index (χ0n) is 27.4. The third kappa shape index (κ3) is 7.57. The predicted octanol–water partition coefficient (Wildman–Crippen LogP) is 6.38. The number of nitrogens with zero attached hydrogens (tertiary/aromatic N) is 4. The van der Waals surface area contributed by atoms with Crippen LogP contribution in [0, 0.1) is 11.7 Å². The number of hydrogen-bond donors (Lipinski definition) is 2. The van der Waals surface area contributed by atoms with Crippen molar-refractivity contribution in [3.63, 3.8) is 0 Å². The number of rotatable bonds is 11. The number of methoxy groups -OCH3 is 2. The number of pyridine rings is 2. The zero-order valence-corrected chi connectivity index (χ0v) is 28.9. The van der Waals surface area contributed by atoms with Gasteiger partial charge in [0, 0.05) is 35.0 Å². The molecule has 3 fully saturated rings. The third-order valence-corrected chi connectivity index (χ3v) is 10.1. The molecule has 0 radical (unpaired) electrons. The van der Waals surface area contributed by atoms with Crippen molar-refractivity contribution in [2.75, 3.05) is 38.8 Å². The summed E-state index contributed by atoms with van der Waals surface area (Å²) in [6.07, 6.45) is 4.84. The molecule has 11 nitrogen and oxygen atoms in total. The van der Waals surface area contributed by atoms with E-state index in [0.29, 0.717) is 40.3 Å². The first-order chi connectivity index (χ1) is 24.0. The van der Waals surface area contributed by atoms with Crippen LogP contribution in [0.4, 0.5) is 15.0 Å². The number of carboxylic acid groups (broad SMARTS) is 1. The summed E-state index contributed by atoms with van der Waals surface area (Å²) in [6, 6.07) is 12.3. The molecule has 50 heavy (non-hydrogen) atoms.